The number of nitrogens with zero attached hydrogens (tertiary/aromatic N) is 1. The van der Waals surface area contributed by atoms with Crippen LogP contribution in [0.4, 0.5) is 0 Å². The van der Waals surface area contributed by atoms with Gasteiger partial charge in [-0.15, -0.1) is 0 Å². The smallest absolute Gasteiger partial charge is 0.120 e. The van der Waals surface area contributed by atoms with Gasteiger partial charge < -0.3 is 10.2 Å². The van der Waals surface area contributed by atoms with Crippen LogP contribution in [-0.4, -0.2) is 34.3 Å². The number of phenolic OH excluding ortho intramolecular Hbond substituents is 1. The Morgan fingerprint density at radius 3 is 2.83 bits per heavy atom. The third kappa shape index (κ3) is 3.03. The summed E-state index contributed by atoms with van der Waals surface area (Å²) in [4.78, 5) is 2.36. The van der Waals surface area contributed by atoms with Crippen molar-refractivity contribution in [3.63, 3.8) is 0 Å². The van der Waals surface area contributed by atoms with Crippen LogP contribution in [0, 0.1) is 12.8 Å². The molecule has 0 amide bonds. The maximum absolute atomic E-state index is 9.90. The monoisotopic (exact) mass is 249 g/mol. The first-order valence-corrected chi connectivity index (χ1v) is 6.73. The van der Waals surface area contributed by atoms with E-state index in [1.165, 1.54) is 5.56 Å². The van der Waals surface area contributed by atoms with Crippen LogP contribution in [-0.2, 0) is 6.54 Å². The zero-order valence-corrected chi connectivity index (χ0v) is 11.3. The lowest BCUT2D eigenvalue weighted by Gasteiger charge is -2.37. The Balaban J connectivity index is 2.09. The van der Waals surface area contributed by atoms with Gasteiger partial charge in [0, 0.05) is 31.3 Å². The van der Waals surface area contributed by atoms with E-state index in [0.717, 1.165) is 31.5 Å². The molecule has 2 unspecified atom stereocenters. The number of aliphatic hydroxyl groups excluding tert-OH is 1. The van der Waals surface area contributed by atoms with Gasteiger partial charge in [-0.1, -0.05) is 17.7 Å². The van der Waals surface area contributed by atoms with Gasteiger partial charge in [-0.2, -0.15) is 0 Å². The van der Waals surface area contributed by atoms with Crippen LogP contribution in [0.1, 0.15) is 30.9 Å². The molecular weight excluding hydrogens is 226 g/mol. The number of benzene rings is 1. The van der Waals surface area contributed by atoms with Gasteiger partial charge in [0.25, 0.3) is 0 Å². The van der Waals surface area contributed by atoms with Crippen LogP contribution in [0.2, 0.25) is 0 Å². The molecule has 1 aliphatic heterocycles. The highest BCUT2D eigenvalue weighted by Crippen LogP contribution is 2.26. The van der Waals surface area contributed by atoms with Crippen molar-refractivity contribution in [1.29, 1.82) is 0 Å². The number of rotatable bonds is 3. The quantitative estimate of drug-likeness (QED) is 0.864. The molecule has 3 nitrogen and oxygen atoms in total. The molecule has 0 radical (unpaired) electrons. The Labute approximate surface area is 109 Å². The first-order valence-electron chi connectivity index (χ1n) is 6.73. The van der Waals surface area contributed by atoms with Crippen LogP contribution in [0.25, 0.3) is 0 Å². The zero-order chi connectivity index (χ0) is 13.1. The van der Waals surface area contributed by atoms with Gasteiger partial charge in [-0.25, -0.2) is 0 Å². The number of piperidine rings is 1. The second-order valence-corrected chi connectivity index (χ2v) is 5.54. The van der Waals surface area contributed by atoms with Gasteiger partial charge in [-0.3, -0.25) is 4.90 Å². The van der Waals surface area contributed by atoms with E-state index in [1.54, 1.807) is 6.07 Å². The maximum atomic E-state index is 9.90. The van der Waals surface area contributed by atoms with Crippen LogP contribution in [0.3, 0.4) is 0 Å². The number of aryl methyl sites for hydroxylation is 1. The Morgan fingerprint density at radius 1 is 1.33 bits per heavy atom. The van der Waals surface area contributed by atoms with Gasteiger partial charge >= 0.3 is 0 Å². The molecule has 2 N–H and O–H groups in total. The van der Waals surface area contributed by atoms with Crippen LogP contribution in [0.5, 0.6) is 5.75 Å². The summed E-state index contributed by atoms with van der Waals surface area (Å²) in [5.74, 6) is 0.757. The van der Waals surface area contributed by atoms with E-state index in [1.807, 2.05) is 19.1 Å². The van der Waals surface area contributed by atoms with Crippen molar-refractivity contribution >= 4 is 0 Å². The molecule has 3 heteroatoms. The third-order valence-corrected chi connectivity index (χ3v) is 3.98. The average molecular weight is 249 g/mol. The molecule has 0 saturated carbocycles. The lowest BCUT2D eigenvalue weighted by atomic mass is 9.93. The molecule has 1 aromatic carbocycles. The predicted molar refractivity (Wildman–Crippen MR) is 72.5 cm³/mol. The molecule has 0 aromatic heterocycles. The van der Waals surface area contributed by atoms with E-state index in [-0.39, 0.29) is 6.61 Å². The third-order valence-electron chi connectivity index (χ3n) is 3.98. The predicted octanol–water partition coefficient (Wildman–Crippen LogP) is 2.29. The SMILES string of the molecule is Cc1ccc(O)c(CN2CC(CO)CCC2C)c1. The van der Waals surface area contributed by atoms with Gasteiger partial charge in [0.2, 0.25) is 0 Å². The van der Waals surface area contributed by atoms with Crippen molar-refractivity contribution in [2.24, 2.45) is 5.92 Å². The summed E-state index contributed by atoms with van der Waals surface area (Å²) in [7, 11) is 0. The summed E-state index contributed by atoms with van der Waals surface area (Å²) in [5, 5.41) is 19.2. The largest absolute Gasteiger partial charge is 0.508 e. The van der Waals surface area contributed by atoms with Crippen molar-refractivity contribution < 1.29 is 10.2 Å². The molecule has 2 atom stereocenters. The fraction of sp³-hybridized carbons (Fsp3) is 0.600. The van der Waals surface area contributed by atoms with Gasteiger partial charge in [0.15, 0.2) is 0 Å². The van der Waals surface area contributed by atoms with E-state index in [2.05, 4.69) is 11.8 Å². The molecule has 1 aromatic rings. The van der Waals surface area contributed by atoms with Crippen LogP contribution < -0.4 is 0 Å². The first kappa shape index (κ1) is 13.4. The molecule has 1 fully saturated rings. The second kappa shape index (κ2) is 5.72. The van der Waals surface area contributed by atoms with Gasteiger partial charge in [0.1, 0.15) is 5.75 Å². The lowest BCUT2D eigenvalue weighted by molar-refractivity contribution is 0.0766. The molecule has 2 rings (SSSR count). The topological polar surface area (TPSA) is 43.7 Å². The van der Waals surface area contributed by atoms with E-state index in [4.69, 9.17) is 0 Å². The minimum Gasteiger partial charge on any atom is -0.508 e. The highest BCUT2D eigenvalue weighted by molar-refractivity contribution is 5.35. The van der Waals surface area contributed by atoms with E-state index >= 15 is 0 Å². The lowest BCUT2D eigenvalue weighted by Crippen LogP contribution is -2.42. The summed E-state index contributed by atoms with van der Waals surface area (Å²) in [6.45, 7) is 6.22. The number of aromatic hydroxyl groups is 1. The second-order valence-electron chi connectivity index (χ2n) is 5.54. The summed E-state index contributed by atoms with van der Waals surface area (Å²) in [6, 6.07) is 6.26. The average Bonchev–Trinajstić information content (AvgIpc) is 2.36. The number of likely N-dealkylation sites (tertiary alicyclic amines) is 1. The van der Waals surface area contributed by atoms with Crippen molar-refractivity contribution in [3.05, 3.63) is 29.3 Å². The summed E-state index contributed by atoms with van der Waals surface area (Å²) in [5.41, 5.74) is 2.16. The number of aliphatic hydroxyl groups is 1. The van der Waals surface area contributed by atoms with Crippen LogP contribution >= 0.6 is 0 Å². The minimum absolute atomic E-state index is 0.267. The summed E-state index contributed by atoms with van der Waals surface area (Å²) >= 11 is 0. The Hall–Kier alpha value is -1.06. The Morgan fingerprint density at radius 2 is 2.11 bits per heavy atom. The molecule has 1 heterocycles. The molecule has 100 valence electrons. The van der Waals surface area contributed by atoms with E-state index in [0.29, 0.717) is 17.7 Å². The highest BCUT2D eigenvalue weighted by Gasteiger charge is 2.25. The fourth-order valence-corrected chi connectivity index (χ4v) is 2.69. The van der Waals surface area contributed by atoms with Crippen LogP contribution in [0.15, 0.2) is 18.2 Å². The van der Waals surface area contributed by atoms with E-state index in [9.17, 15) is 10.2 Å². The van der Waals surface area contributed by atoms with Crippen molar-refractivity contribution in [1.82, 2.24) is 4.90 Å². The molecule has 0 spiro atoms. The van der Waals surface area contributed by atoms with Gasteiger partial charge in [0.05, 0.1) is 0 Å². The normalized spacial score (nSPS) is 25.3. The van der Waals surface area contributed by atoms with Gasteiger partial charge in [-0.05, 0) is 38.7 Å². The van der Waals surface area contributed by atoms with E-state index < -0.39 is 0 Å². The zero-order valence-electron chi connectivity index (χ0n) is 11.3. The molecule has 18 heavy (non-hydrogen) atoms. The van der Waals surface area contributed by atoms with Crippen molar-refractivity contribution in [2.75, 3.05) is 13.2 Å². The number of hydrogen-bond acceptors (Lipinski definition) is 3. The standard InChI is InChI=1S/C15H23NO2/c1-11-3-6-15(18)14(7-11)9-16-8-13(10-17)5-4-12(16)2/h3,6-7,12-13,17-18H,4-5,8-10H2,1-2H3. The first-order chi connectivity index (χ1) is 8.60. The molecule has 0 bridgehead atoms. The Kier molecular flexibility index (Phi) is 4.25. The molecule has 0 aliphatic carbocycles. The number of hydrogen-bond donors (Lipinski definition) is 2. The molecule has 1 saturated heterocycles. The molecule has 1 aliphatic rings. The maximum Gasteiger partial charge on any atom is 0.120 e. The number of phenols is 1. The molecular formula is C15H23NO2. The Bertz CT molecular complexity index is 405. The summed E-state index contributed by atoms with van der Waals surface area (Å²) < 4.78 is 0. The van der Waals surface area contributed by atoms with Crippen molar-refractivity contribution in [3.8, 4) is 5.75 Å². The van der Waals surface area contributed by atoms with Crippen molar-refractivity contribution in [2.45, 2.75) is 39.3 Å². The fourth-order valence-electron chi connectivity index (χ4n) is 2.69. The highest BCUT2D eigenvalue weighted by atomic mass is 16.3. The minimum atomic E-state index is 0.267. The summed E-state index contributed by atoms with van der Waals surface area (Å²) in [6.07, 6.45) is 2.23.